The van der Waals surface area contributed by atoms with Crippen molar-refractivity contribution in [2.75, 3.05) is 0 Å². The van der Waals surface area contributed by atoms with Gasteiger partial charge in [-0.15, -0.1) is 0 Å². The molecule has 1 nitrogen and oxygen atoms in total. The van der Waals surface area contributed by atoms with Crippen LogP contribution < -0.4 is 5.73 Å². The van der Waals surface area contributed by atoms with E-state index in [0.717, 1.165) is 6.42 Å². The minimum Gasteiger partial charge on any atom is -0.318 e. The number of benzene rings is 2. The highest BCUT2D eigenvalue weighted by Crippen LogP contribution is 2.32. The van der Waals surface area contributed by atoms with Crippen molar-refractivity contribution in [2.45, 2.75) is 141 Å². The molecule has 0 unspecified atom stereocenters. The first-order valence-electron chi connectivity index (χ1n) is 15.2. The Bertz CT molecular complexity index is 668. The third-order valence-corrected chi connectivity index (χ3v) is 7.75. The number of hydrogen-bond acceptors (Lipinski definition) is 1. The summed E-state index contributed by atoms with van der Waals surface area (Å²) in [4.78, 5) is 0. The molecule has 0 bridgehead atoms. The van der Waals surface area contributed by atoms with Crippen LogP contribution in [0.25, 0.3) is 0 Å². The van der Waals surface area contributed by atoms with Gasteiger partial charge in [-0.25, -0.2) is 0 Å². The second kappa shape index (κ2) is 19.6. The topological polar surface area (TPSA) is 26.0 Å². The zero-order valence-corrected chi connectivity index (χ0v) is 23.0. The minimum atomic E-state index is -0.378. The molecule has 2 aromatic carbocycles. The van der Waals surface area contributed by atoms with Gasteiger partial charge in [0.05, 0.1) is 5.54 Å². The van der Waals surface area contributed by atoms with Gasteiger partial charge >= 0.3 is 0 Å². The summed E-state index contributed by atoms with van der Waals surface area (Å²) in [5.41, 5.74) is 9.10. The Morgan fingerprint density at radius 3 is 1.03 bits per heavy atom. The summed E-state index contributed by atoms with van der Waals surface area (Å²) in [5.74, 6) is 0. The van der Waals surface area contributed by atoms with E-state index in [2.05, 4.69) is 67.6 Å². The highest BCUT2D eigenvalue weighted by atomic mass is 14.7. The first-order chi connectivity index (χ1) is 17.3. The maximum atomic E-state index is 7.02. The van der Waals surface area contributed by atoms with Crippen LogP contribution in [-0.4, -0.2) is 0 Å². The van der Waals surface area contributed by atoms with Crippen LogP contribution in [0.1, 0.15) is 146 Å². The summed E-state index contributed by atoms with van der Waals surface area (Å²) in [5, 5.41) is 0. The molecule has 0 aliphatic rings. The lowest BCUT2D eigenvalue weighted by atomic mass is 9.79. The average molecular weight is 478 g/mol. The van der Waals surface area contributed by atoms with E-state index in [4.69, 9.17) is 5.73 Å². The predicted octanol–water partition coefficient (Wildman–Crippen LogP) is 10.7. The van der Waals surface area contributed by atoms with Gasteiger partial charge in [-0.2, -0.15) is 0 Å². The molecule has 196 valence electrons. The molecule has 35 heavy (non-hydrogen) atoms. The quantitative estimate of drug-likeness (QED) is 0.168. The van der Waals surface area contributed by atoms with Gasteiger partial charge in [-0.3, -0.25) is 0 Å². The molecule has 2 rings (SSSR count). The van der Waals surface area contributed by atoms with E-state index in [0.29, 0.717) is 0 Å². The monoisotopic (exact) mass is 477 g/mol. The van der Waals surface area contributed by atoms with Gasteiger partial charge in [0, 0.05) is 0 Å². The second-order valence-electron chi connectivity index (χ2n) is 10.8. The molecular formula is C34H55N. The lowest BCUT2D eigenvalue weighted by molar-refractivity contribution is 0.450. The van der Waals surface area contributed by atoms with Crippen LogP contribution >= 0.6 is 0 Å². The summed E-state index contributed by atoms with van der Waals surface area (Å²) in [7, 11) is 0. The lowest BCUT2D eigenvalue weighted by Crippen LogP contribution is -2.37. The van der Waals surface area contributed by atoms with Crippen molar-refractivity contribution in [3.8, 4) is 0 Å². The molecule has 0 atom stereocenters. The maximum absolute atomic E-state index is 7.02. The van der Waals surface area contributed by atoms with E-state index in [-0.39, 0.29) is 5.54 Å². The Morgan fingerprint density at radius 1 is 0.429 bits per heavy atom. The second-order valence-corrected chi connectivity index (χ2v) is 10.8. The van der Waals surface area contributed by atoms with Crippen molar-refractivity contribution in [2.24, 2.45) is 5.73 Å². The third kappa shape index (κ3) is 12.8. The van der Waals surface area contributed by atoms with Crippen LogP contribution in [0.5, 0.6) is 0 Å². The fourth-order valence-corrected chi connectivity index (χ4v) is 5.41. The van der Waals surface area contributed by atoms with Gasteiger partial charge in [0.15, 0.2) is 0 Å². The molecule has 0 aliphatic carbocycles. The van der Waals surface area contributed by atoms with Gasteiger partial charge in [-0.05, 0) is 17.5 Å². The molecule has 0 fully saturated rings. The molecule has 0 saturated heterocycles. The zero-order chi connectivity index (χ0) is 24.9. The smallest absolute Gasteiger partial charge is 0.0665 e. The van der Waals surface area contributed by atoms with Crippen molar-refractivity contribution in [1.82, 2.24) is 0 Å². The van der Waals surface area contributed by atoms with Crippen LogP contribution in [0.3, 0.4) is 0 Å². The standard InChI is InChI=1S/C34H55N/c1-2-3-4-5-6-7-8-9-10-11-12-13-14-15-16-17-18-19-26-31-34(35,32-27-22-20-23-28-32)33-29-24-21-25-30-33/h20-25,27-30H,2-19,26,31,35H2,1H3. The Labute approximate surface area is 218 Å². The van der Waals surface area contributed by atoms with Crippen molar-refractivity contribution in [3.63, 3.8) is 0 Å². The number of rotatable bonds is 22. The summed E-state index contributed by atoms with van der Waals surface area (Å²) in [6.45, 7) is 2.30. The maximum Gasteiger partial charge on any atom is 0.0665 e. The van der Waals surface area contributed by atoms with Crippen LogP contribution in [0.4, 0.5) is 0 Å². The number of hydrogen-bond donors (Lipinski definition) is 1. The van der Waals surface area contributed by atoms with Crippen molar-refractivity contribution >= 4 is 0 Å². The molecule has 1 heteroatoms. The molecule has 0 saturated carbocycles. The summed E-state index contributed by atoms with van der Waals surface area (Å²) >= 11 is 0. The van der Waals surface area contributed by atoms with Crippen LogP contribution in [0.2, 0.25) is 0 Å². The Morgan fingerprint density at radius 2 is 0.714 bits per heavy atom. The van der Waals surface area contributed by atoms with E-state index in [9.17, 15) is 0 Å². The minimum absolute atomic E-state index is 0.378. The van der Waals surface area contributed by atoms with E-state index in [1.54, 1.807) is 0 Å². The van der Waals surface area contributed by atoms with Gasteiger partial charge in [0.1, 0.15) is 0 Å². The SMILES string of the molecule is CCCCCCCCCCCCCCCCCCCCCC(N)(c1ccccc1)c1ccccc1. The number of unbranched alkanes of at least 4 members (excludes halogenated alkanes) is 18. The van der Waals surface area contributed by atoms with Crippen molar-refractivity contribution < 1.29 is 0 Å². The predicted molar refractivity (Wildman–Crippen MR) is 156 cm³/mol. The fraction of sp³-hybridized carbons (Fsp3) is 0.647. The normalized spacial score (nSPS) is 11.7. The Hall–Kier alpha value is -1.60. The van der Waals surface area contributed by atoms with E-state index < -0.39 is 0 Å². The van der Waals surface area contributed by atoms with Gasteiger partial charge in [0.25, 0.3) is 0 Å². The highest BCUT2D eigenvalue weighted by molar-refractivity contribution is 5.37. The summed E-state index contributed by atoms with van der Waals surface area (Å²) in [6, 6.07) is 21.3. The molecule has 2 N–H and O–H groups in total. The van der Waals surface area contributed by atoms with Crippen LogP contribution in [-0.2, 0) is 5.54 Å². The van der Waals surface area contributed by atoms with Crippen molar-refractivity contribution in [3.05, 3.63) is 71.8 Å². The van der Waals surface area contributed by atoms with E-state index >= 15 is 0 Å². The average Bonchev–Trinajstić information content (AvgIpc) is 2.91. The van der Waals surface area contributed by atoms with E-state index in [1.807, 2.05) is 0 Å². The fourth-order valence-electron chi connectivity index (χ4n) is 5.41. The number of nitrogens with two attached hydrogens (primary N) is 1. The first-order valence-corrected chi connectivity index (χ1v) is 15.2. The molecule has 0 aromatic heterocycles. The Balaban J connectivity index is 1.44. The molecule has 0 amide bonds. The zero-order valence-electron chi connectivity index (χ0n) is 23.0. The van der Waals surface area contributed by atoms with Crippen molar-refractivity contribution in [1.29, 1.82) is 0 Å². The molecule has 0 heterocycles. The third-order valence-electron chi connectivity index (χ3n) is 7.75. The van der Waals surface area contributed by atoms with Gasteiger partial charge in [-0.1, -0.05) is 190 Å². The molecule has 2 aromatic rings. The molecule has 0 radical (unpaired) electrons. The summed E-state index contributed by atoms with van der Waals surface area (Å²) < 4.78 is 0. The molecule has 0 spiro atoms. The van der Waals surface area contributed by atoms with Crippen LogP contribution in [0.15, 0.2) is 60.7 Å². The lowest BCUT2D eigenvalue weighted by Gasteiger charge is -2.31. The van der Waals surface area contributed by atoms with Crippen LogP contribution in [0, 0.1) is 0 Å². The molecule has 0 aliphatic heterocycles. The first kappa shape index (κ1) is 29.6. The molecular weight excluding hydrogens is 422 g/mol. The highest BCUT2D eigenvalue weighted by Gasteiger charge is 2.28. The summed E-state index contributed by atoms with van der Waals surface area (Å²) in [6.07, 6.45) is 27.9. The largest absolute Gasteiger partial charge is 0.318 e. The van der Waals surface area contributed by atoms with Gasteiger partial charge in [0.2, 0.25) is 0 Å². The Kier molecular flexibility index (Phi) is 16.6. The van der Waals surface area contributed by atoms with E-state index in [1.165, 1.54) is 133 Å². The van der Waals surface area contributed by atoms with Gasteiger partial charge < -0.3 is 5.73 Å².